The maximum absolute atomic E-state index is 15.5. The Balaban J connectivity index is 0.000000241. The van der Waals surface area contributed by atoms with Crippen molar-refractivity contribution >= 4 is 49.3 Å². The third kappa shape index (κ3) is 13.8. The molecular weight excluding hydrogens is 1110 g/mol. The van der Waals surface area contributed by atoms with Gasteiger partial charge in [0.1, 0.15) is 41.0 Å². The van der Waals surface area contributed by atoms with Crippen LogP contribution >= 0.6 is 23.2 Å². The second-order valence-electron chi connectivity index (χ2n) is 14.8. The normalized spacial score (nSPS) is 15.1. The van der Waals surface area contributed by atoms with Gasteiger partial charge in [-0.3, -0.25) is 4.79 Å². The molecule has 0 saturated carbocycles. The van der Waals surface area contributed by atoms with E-state index < -0.39 is 23.9 Å². The zero-order chi connectivity index (χ0) is 47.0. The molecule has 65 heavy (non-hydrogen) atoms. The monoisotopic (exact) mass is 1150 g/mol. The first-order chi connectivity index (χ1) is 31.4. The SMILES string of the molecule is COc1ccc(Cc2ccc(F)nc2)c(F)c1-c1cccc(Cl)c1.COc1ccc(Cc2ccc(N3CCC[C@H]3C(=O)O)nc2)c(F)c1-c1cccc(Cl)c1.O=C(O)[C@@H]1CCCN1.[2H][B].[U]. The van der Waals surface area contributed by atoms with Crippen molar-refractivity contribution in [2.45, 2.75) is 50.6 Å². The molecule has 0 bridgehead atoms. The van der Waals surface area contributed by atoms with Crippen LogP contribution < -0.4 is 19.7 Å². The van der Waals surface area contributed by atoms with Crippen molar-refractivity contribution in [3.63, 3.8) is 0 Å². The number of hydrogen-bond donors (Lipinski definition) is 3. The van der Waals surface area contributed by atoms with Crippen molar-refractivity contribution in [1.29, 1.82) is 1.34 Å². The number of ether oxygens (including phenoxy) is 2. The predicted molar refractivity (Wildman–Crippen MR) is 245 cm³/mol. The Labute approximate surface area is 412 Å². The second kappa shape index (κ2) is 25.0. The molecule has 2 fully saturated rings. The number of aromatic nitrogens is 2. The zero-order valence-corrected chi connectivity index (χ0v) is 41.2. The average Bonchev–Trinajstić information content (AvgIpc) is 4.04. The van der Waals surface area contributed by atoms with Crippen LogP contribution in [0.15, 0.2) is 109 Å². The Morgan fingerprint density at radius 3 is 1.69 bits per heavy atom. The van der Waals surface area contributed by atoms with Crippen LogP contribution in [0.2, 0.25) is 10.0 Å². The number of nitrogens with zero attached hydrogens (tertiary/aromatic N) is 3. The summed E-state index contributed by atoms with van der Waals surface area (Å²) < 4.78 is 59.4. The molecule has 17 heteroatoms. The number of rotatable bonds is 11. The van der Waals surface area contributed by atoms with Crippen molar-refractivity contribution in [1.82, 2.24) is 15.3 Å². The summed E-state index contributed by atoms with van der Waals surface area (Å²) in [7, 11) is 6.75. The van der Waals surface area contributed by atoms with Gasteiger partial charge in [-0.05, 0) is 115 Å². The van der Waals surface area contributed by atoms with Crippen LogP contribution in [0.3, 0.4) is 0 Å². The molecule has 0 spiro atoms. The molecule has 0 amide bonds. The fourth-order valence-corrected chi connectivity index (χ4v) is 7.86. The number of halogens is 5. The molecule has 4 heterocycles. The van der Waals surface area contributed by atoms with E-state index in [2.05, 4.69) is 23.7 Å². The molecular formula is C48H46BCl2F3N4O6U. The molecule has 2 aliphatic rings. The molecule has 10 nitrogen and oxygen atoms in total. The Hall–Kier alpha value is -5.03. The van der Waals surface area contributed by atoms with E-state index in [-0.39, 0.29) is 48.8 Å². The summed E-state index contributed by atoms with van der Waals surface area (Å²) in [6, 6.07) is 26.5. The first kappa shape index (κ1) is 51.0. The number of benzene rings is 4. The zero-order valence-electron chi connectivity index (χ0n) is 36.5. The molecule has 336 valence electrons. The van der Waals surface area contributed by atoms with Gasteiger partial charge in [0.05, 0.1) is 25.3 Å². The number of carboxylic acid groups (broad SMARTS) is 2. The summed E-state index contributed by atoms with van der Waals surface area (Å²) in [5.41, 5.74) is 4.53. The fraction of sp³-hybridized carbons (Fsp3) is 0.250. The second-order valence-corrected chi connectivity index (χ2v) is 15.7. The topological polar surface area (TPSA) is 134 Å². The Morgan fingerprint density at radius 2 is 1.29 bits per heavy atom. The van der Waals surface area contributed by atoms with Crippen molar-refractivity contribution in [2.75, 3.05) is 32.2 Å². The average molecular weight is 1150 g/mol. The predicted octanol–water partition coefficient (Wildman–Crippen LogP) is 9.65. The van der Waals surface area contributed by atoms with Gasteiger partial charge in [0.25, 0.3) is 0 Å². The van der Waals surface area contributed by atoms with Gasteiger partial charge < -0.3 is 29.9 Å². The molecule has 3 N–H and O–H groups in total. The maximum atomic E-state index is 15.5. The van der Waals surface area contributed by atoms with E-state index in [9.17, 15) is 19.1 Å². The van der Waals surface area contributed by atoms with Gasteiger partial charge in [-0.25, -0.2) is 23.5 Å². The van der Waals surface area contributed by atoms with Crippen LogP contribution in [0.5, 0.6) is 11.5 Å². The van der Waals surface area contributed by atoms with Gasteiger partial charge in [-0.2, -0.15) is 4.39 Å². The number of aliphatic carboxylic acids is 2. The van der Waals surface area contributed by atoms with Gasteiger partial charge in [-0.15, -0.1) is 0 Å². The van der Waals surface area contributed by atoms with Gasteiger partial charge in [0, 0.05) is 81.3 Å². The summed E-state index contributed by atoms with van der Waals surface area (Å²) in [6.45, 7) is 1.52. The Bertz CT molecular complexity index is 2550. The minimum Gasteiger partial charge on any atom is -0.496 e. The van der Waals surface area contributed by atoms with Crippen LogP contribution in [0.4, 0.5) is 19.0 Å². The van der Waals surface area contributed by atoms with E-state index in [1.165, 1.54) is 26.5 Å². The quantitative estimate of drug-likeness (QED) is 0.0851. The third-order valence-corrected chi connectivity index (χ3v) is 11.1. The largest absolute Gasteiger partial charge is 0.496 e. The first-order valence-electron chi connectivity index (χ1n) is 20.7. The van der Waals surface area contributed by atoms with Crippen LogP contribution in [0, 0.1) is 48.7 Å². The molecule has 4 aromatic carbocycles. The summed E-state index contributed by atoms with van der Waals surface area (Å²) in [6.07, 6.45) is 6.95. The van der Waals surface area contributed by atoms with E-state index in [0.29, 0.717) is 86.6 Å². The van der Waals surface area contributed by atoms with Crippen LogP contribution in [-0.4, -0.2) is 81.2 Å². The van der Waals surface area contributed by atoms with Crippen LogP contribution in [-0.2, 0) is 22.4 Å². The molecule has 2 aromatic heterocycles. The van der Waals surface area contributed by atoms with Crippen molar-refractivity contribution in [2.24, 2.45) is 0 Å². The third-order valence-electron chi connectivity index (χ3n) is 10.6. The Morgan fingerprint density at radius 1 is 0.754 bits per heavy atom. The standard InChI is InChI=1S/C24H22ClFN2O3.C19H14ClF2NO.C5H9NO2.BH.U/c1-31-20-9-8-17(23(26)22(20)16-4-2-5-18(25)13-16)12-15-7-10-21(27-14-15)28-11-3-6-19(28)24(29)30;1-24-16-7-6-14(9-12-5-8-17(21)23-11-12)19(22)18(16)13-3-2-4-15(20)10-13;7-5(8)4-2-1-3-6-4;;/h2,4-5,7-10,13-14,19H,3,6,11-12H2,1H3,(H,29,30);2-8,10-11H,9H2,1H3;4,6H,1-3H2,(H,7,8);1H;/t19-;;4-;;/m0.0../s1/i;;;1D;. The van der Waals surface area contributed by atoms with Gasteiger partial charge in [0.2, 0.25) is 5.95 Å². The Kier molecular flexibility index (Phi) is 19.6. The number of anilines is 1. The van der Waals surface area contributed by atoms with Crippen LogP contribution in [0.1, 0.15) is 47.9 Å². The molecule has 2 aliphatic heterocycles. The molecule has 6 aromatic rings. The minimum atomic E-state index is -0.836. The molecule has 0 aliphatic carbocycles. The van der Waals surface area contributed by atoms with E-state index in [1.54, 1.807) is 96.0 Å². The van der Waals surface area contributed by atoms with Crippen molar-refractivity contribution < 1.29 is 73.6 Å². The van der Waals surface area contributed by atoms with Gasteiger partial charge >= 0.3 is 11.9 Å². The van der Waals surface area contributed by atoms with E-state index in [4.69, 9.17) is 39.1 Å². The number of nitrogens with one attached hydrogen (secondary N) is 1. The van der Waals surface area contributed by atoms with Crippen molar-refractivity contribution in [3.05, 3.63) is 159 Å². The number of pyridine rings is 2. The first-order valence-corrected chi connectivity index (χ1v) is 20.9. The van der Waals surface area contributed by atoms with E-state index >= 15 is 8.78 Å². The van der Waals surface area contributed by atoms with E-state index in [0.717, 1.165) is 36.9 Å². The molecule has 2 radical (unpaired) electrons. The number of carbonyl (C=O) groups is 2. The van der Waals surface area contributed by atoms with Gasteiger partial charge in [-0.1, -0.05) is 71.7 Å². The van der Waals surface area contributed by atoms with Gasteiger partial charge in [0.15, 0.2) is 0 Å². The molecule has 0 unspecified atom stereocenters. The number of methoxy groups -OCH3 is 2. The van der Waals surface area contributed by atoms with E-state index in [1.807, 2.05) is 6.07 Å². The number of carboxylic acids is 2. The van der Waals surface area contributed by atoms with Crippen molar-refractivity contribution in [3.8, 4) is 33.8 Å². The smallest absolute Gasteiger partial charge is 0.326 e. The molecule has 2 saturated heterocycles. The molecule has 2 atom stereocenters. The number of hydrogen-bond acceptors (Lipinski definition) is 8. The maximum Gasteiger partial charge on any atom is 0.326 e. The molecule has 8 rings (SSSR count). The summed E-state index contributed by atoms with van der Waals surface area (Å²) in [5, 5.41) is 21.6. The summed E-state index contributed by atoms with van der Waals surface area (Å²) >= 11 is 12.1. The summed E-state index contributed by atoms with van der Waals surface area (Å²) in [5.74, 6) is -1.38. The fourth-order valence-electron chi connectivity index (χ4n) is 7.48. The minimum absolute atomic E-state index is 0. The van der Waals surface area contributed by atoms with Crippen LogP contribution in [0.25, 0.3) is 22.3 Å². The summed E-state index contributed by atoms with van der Waals surface area (Å²) in [4.78, 5) is 31.4.